The van der Waals surface area contributed by atoms with Gasteiger partial charge in [0.05, 0.1) is 0 Å². The smallest absolute Gasteiger partial charge is 0.268 e. The van der Waals surface area contributed by atoms with Crippen molar-refractivity contribution >= 4 is 44.3 Å². The van der Waals surface area contributed by atoms with E-state index >= 15 is 0 Å². The van der Waals surface area contributed by atoms with Crippen LogP contribution in [-0.2, 0) is 11.3 Å². The minimum absolute atomic E-state index is 0.0676. The van der Waals surface area contributed by atoms with Crippen molar-refractivity contribution in [3.8, 4) is 0 Å². The molecule has 2 amide bonds. The number of hydrogen-bond acceptors (Lipinski definition) is 3. The van der Waals surface area contributed by atoms with E-state index in [2.05, 4.69) is 45.3 Å². The van der Waals surface area contributed by atoms with Gasteiger partial charge in [-0.1, -0.05) is 34.1 Å². The van der Waals surface area contributed by atoms with E-state index in [1.54, 1.807) is 0 Å². The van der Waals surface area contributed by atoms with Gasteiger partial charge in [-0.3, -0.25) is 9.59 Å². The van der Waals surface area contributed by atoms with E-state index in [4.69, 9.17) is 0 Å². The van der Waals surface area contributed by atoms with E-state index in [1.807, 2.05) is 59.2 Å². The molecule has 3 aromatic rings. The molecular formula is C25H29BrN4O2. The maximum atomic E-state index is 13.2. The molecule has 0 saturated carbocycles. The number of nitrogens with zero attached hydrogens (tertiary/aromatic N) is 2. The average Bonchev–Trinajstić information content (AvgIpc) is 3.14. The third kappa shape index (κ3) is 5.22. The summed E-state index contributed by atoms with van der Waals surface area (Å²) in [6.45, 7) is 6.45. The number of anilines is 1. The summed E-state index contributed by atoms with van der Waals surface area (Å²) in [7, 11) is 0. The predicted octanol–water partition coefficient (Wildman–Crippen LogP) is 4.65. The van der Waals surface area contributed by atoms with E-state index in [1.165, 1.54) is 0 Å². The number of amides is 2. The Bertz CT molecular complexity index is 1100. The Hall–Kier alpha value is -2.64. The van der Waals surface area contributed by atoms with Gasteiger partial charge in [-0.2, -0.15) is 0 Å². The zero-order chi connectivity index (χ0) is 22.7. The van der Waals surface area contributed by atoms with Crippen LogP contribution in [0.25, 0.3) is 10.9 Å². The lowest BCUT2D eigenvalue weighted by Gasteiger charge is -2.34. The van der Waals surface area contributed by atoms with Gasteiger partial charge in [0.15, 0.2) is 0 Å². The van der Waals surface area contributed by atoms with Crippen molar-refractivity contribution in [2.75, 3.05) is 18.4 Å². The van der Waals surface area contributed by atoms with Crippen molar-refractivity contribution in [1.29, 1.82) is 0 Å². The molecule has 1 aromatic heterocycles. The number of carbonyl (C=O) groups excluding carboxylic acids is 2. The fourth-order valence-corrected chi connectivity index (χ4v) is 4.53. The van der Waals surface area contributed by atoms with Gasteiger partial charge in [0.1, 0.15) is 12.2 Å². The number of fused-ring (bicyclic) bond motifs is 1. The molecule has 2 heterocycles. The maximum Gasteiger partial charge on any atom is 0.268 e. The largest absolute Gasteiger partial charge is 0.348 e. The van der Waals surface area contributed by atoms with Crippen LogP contribution in [0.3, 0.4) is 0 Å². The van der Waals surface area contributed by atoms with E-state index in [9.17, 15) is 9.59 Å². The summed E-state index contributed by atoms with van der Waals surface area (Å²) in [5, 5.41) is 7.07. The van der Waals surface area contributed by atoms with Crippen molar-refractivity contribution < 1.29 is 9.59 Å². The van der Waals surface area contributed by atoms with E-state index in [0.29, 0.717) is 11.7 Å². The topological polar surface area (TPSA) is 66.4 Å². The Morgan fingerprint density at radius 1 is 1.06 bits per heavy atom. The number of rotatable bonds is 6. The van der Waals surface area contributed by atoms with Crippen LogP contribution >= 0.6 is 15.9 Å². The summed E-state index contributed by atoms with van der Waals surface area (Å²) in [5.41, 5.74) is 2.11. The first kappa shape index (κ1) is 22.6. The van der Waals surface area contributed by atoms with Gasteiger partial charge in [0, 0.05) is 46.2 Å². The number of nitrogens with one attached hydrogen (secondary N) is 2. The number of aromatic nitrogens is 1. The van der Waals surface area contributed by atoms with Crippen LogP contribution in [0.4, 0.5) is 5.69 Å². The third-order valence-electron chi connectivity index (χ3n) is 6.07. The monoisotopic (exact) mass is 496 g/mol. The number of likely N-dealkylation sites (tertiary alicyclic amines) is 1. The van der Waals surface area contributed by atoms with Crippen LogP contribution in [0.5, 0.6) is 0 Å². The van der Waals surface area contributed by atoms with Crippen molar-refractivity contribution in [2.45, 2.75) is 45.3 Å². The minimum atomic E-state index is -0.173. The highest BCUT2D eigenvalue weighted by Crippen LogP contribution is 2.22. The Morgan fingerprint density at radius 2 is 1.75 bits per heavy atom. The number of carbonyl (C=O) groups is 2. The van der Waals surface area contributed by atoms with E-state index < -0.39 is 0 Å². The molecule has 1 fully saturated rings. The first-order chi connectivity index (χ1) is 15.4. The number of halogens is 1. The molecule has 7 heteroatoms. The molecule has 0 radical (unpaired) electrons. The highest BCUT2D eigenvalue weighted by atomic mass is 79.9. The fraction of sp³-hybridized carbons (Fsp3) is 0.360. The third-order valence-corrected chi connectivity index (χ3v) is 6.60. The first-order valence-corrected chi connectivity index (χ1v) is 11.9. The molecule has 32 heavy (non-hydrogen) atoms. The Kier molecular flexibility index (Phi) is 6.96. The normalized spacial score (nSPS) is 15.2. The van der Waals surface area contributed by atoms with Crippen molar-refractivity contribution in [2.24, 2.45) is 0 Å². The first-order valence-electron chi connectivity index (χ1n) is 11.1. The number of para-hydroxylation sites is 1. The number of benzene rings is 2. The summed E-state index contributed by atoms with van der Waals surface area (Å²) < 4.78 is 2.76. The number of piperidine rings is 1. The maximum absolute atomic E-state index is 13.2. The second-order valence-corrected chi connectivity index (χ2v) is 9.52. The lowest BCUT2D eigenvalue weighted by molar-refractivity contribution is -0.116. The molecule has 1 saturated heterocycles. The van der Waals surface area contributed by atoms with E-state index in [-0.39, 0.29) is 24.4 Å². The van der Waals surface area contributed by atoms with Crippen LogP contribution in [0.1, 0.15) is 37.2 Å². The molecule has 0 unspecified atom stereocenters. The molecular weight excluding hydrogens is 468 g/mol. The summed E-state index contributed by atoms with van der Waals surface area (Å²) in [6, 6.07) is 17.8. The van der Waals surface area contributed by atoms with Gasteiger partial charge in [-0.25, -0.2) is 0 Å². The van der Waals surface area contributed by atoms with Crippen LogP contribution in [0.2, 0.25) is 0 Å². The van der Waals surface area contributed by atoms with Gasteiger partial charge in [0.25, 0.3) is 5.91 Å². The van der Waals surface area contributed by atoms with Crippen molar-refractivity contribution in [3.05, 3.63) is 64.8 Å². The van der Waals surface area contributed by atoms with Crippen LogP contribution in [-0.4, -0.2) is 46.5 Å². The second-order valence-electron chi connectivity index (χ2n) is 8.61. The average molecular weight is 497 g/mol. The molecule has 168 valence electrons. The van der Waals surface area contributed by atoms with Crippen LogP contribution < -0.4 is 10.6 Å². The second kappa shape index (κ2) is 9.88. The van der Waals surface area contributed by atoms with Crippen LogP contribution in [0, 0.1) is 0 Å². The summed E-state index contributed by atoms with van der Waals surface area (Å²) in [6.07, 6.45) is 1.88. The summed E-state index contributed by atoms with van der Waals surface area (Å²) >= 11 is 3.40. The van der Waals surface area contributed by atoms with Gasteiger partial charge in [-0.15, -0.1) is 0 Å². The lowest BCUT2D eigenvalue weighted by Crippen LogP contribution is -2.47. The SMILES string of the molecule is CC(C)N1CCC(NC(=O)c2cc3ccccc3n2CC(=O)Nc2ccc(Br)cc2)CC1. The molecule has 4 rings (SSSR count). The van der Waals surface area contributed by atoms with Crippen molar-refractivity contribution in [1.82, 2.24) is 14.8 Å². The molecule has 0 aliphatic carbocycles. The van der Waals surface area contributed by atoms with E-state index in [0.717, 1.165) is 47.0 Å². The van der Waals surface area contributed by atoms with Gasteiger partial charge < -0.3 is 20.1 Å². The lowest BCUT2D eigenvalue weighted by atomic mass is 10.0. The molecule has 1 aliphatic heterocycles. The highest BCUT2D eigenvalue weighted by molar-refractivity contribution is 9.10. The molecule has 2 N–H and O–H groups in total. The Balaban J connectivity index is 1.50. The van der Waals surface area contributed by atoms with Crippen LogP contribution in [0.15, 0.2) is 59.1 Å². The molecule has 0 bridgehead atoms. The molecule has 0 atom stereocenters. The molecule has 1 aliphatic rings. The quantitative estimate of drug-likeness (QED) is 0.522. The standard InChI is InChI=1S/C25H29BrN4O2/c1-17(2)29-13-11-21(12-14-29)28-25(32)23-15-18-5-3-4-6-22(18)30(23)16-24(31)27-20-9-7-19(26)8-10-20/h3-10,15,17,21H,11-14,16H2,1-2H3,(H,27,31)(H,28,32). The summed E-state index contributed by atoms with van der Waals surface area (Å²) in [4.78, 5) is 28.4. The van der Waals surface area contributed by atoms with Gasteiger partial charge >= 0.3 is 0 Å². The predicted molar refractivity (Wildman–Crippen MR) is 132 cm³/mol. The zero-order valence-corrected chi connectivity index (χ0v) is 20.1. The Morgan fingerprint density at radius 3 is 2.44 bits per heavy atom. The Labute approximate surface area is 197 Å². The fourth-order valence-electron chi connectivity index (χ4n) is 4.27. The molecule has 0 spiro atoms. The number of hydrogen-bond donors (Lipinski definition) is 2. The van der Waals surface area contributed by atoms with Crippen molar-refractivity contribution in [3.63, 3.8) is 0 Å². The molecule has 2 aromatic carbocycles. The minimum Gasteiger partial charge on any atom is -0.348 e. The zero-order valence-electron chi connectivity index (χ0n) is 18.5. The van der Waals surface area contributed by atoms with Gasteiger partial charge in [0.2, 0.25) is 5.91 Å². The van der Waals surface area contributed by atoms with Gasteiger partial charge in [-0.05, 0) is 63.1 Å². The summed E-state index contributed by atoms with van der Waals surface area (Å²) in [5.74, 6) is -0.298. The highest BCUT2D eigenvalue weighted by Gasteiger charge is 2.24. The molecule has 6 nitrogen and oxygen atoms in total.